The smallest absolute Gasteiger partial charge is 0.155 e. The van der Waals surface area contributed by atoms with E-state index >= 15 is 0 Å². The summed E-state index contributed by atoms with van der Waals surface area (Å²) in [7, 11) is 0. The van der Waals surface area contributed by atoms with Gasteiger partial charge in [0.2, 0.25) is 0 Å². The number of amidine groups is 1. The van der Waals surface area contributed by atoms with Gasteiger partial charge in [-0.2, -0.15) is 0 Å². The van der Waals surface area contributed by atoms with E-state index in [1.165, 1.54) is 5.56 Å². The van der Waals surface area contributed by atoms with Gasteiger partial charge in [-0.15, -0.1) is 0 Å². The third-order valence-corrected chi connectivity index (χ3v) is 3.48. The summed E-state index contributed by atoms with van der Waals surface area (Å²) in [6.07, 6.45) is 6.31. The second-order valence-electron chi connectivity index (χ2n) is 4.36. The molecule has 1 aromatic carbocycles. The molecular weight excluding hydrogens is 302 g/mol. The van der Waals surface area contributed by atoms with Crippen LogP contribution >= 0.6 is 15.9 Å². The quantitative estimate of drug-likeness (QED) is 0.856. The van der Waals surface area contributed by atoms with Crippen molar-refractivity contribution in [3.63, 3.8) is 0 Å². The van der Waals surface area contributed by atoms with Gasteiger partial charge in [-0.3, -0.25) is 9.98 Å². The fourth-order valence-electron chi connectivity index (χ4n) is 1.99. The standard InChI is InChI=1S/C15H12BrN3/c16-13-3-1-11(2-4-13)9-14-10-18-15(19-14)12-5-7-17-8-6-12/h1-8,10,14H,9H2. The van der Waals surface area contributed by atoms with E-state index in [0.29, 0.717) is 0 Å². The monoisotopic (exact) mass is 313 g/mol. The Bertz CT molecular complexity index is 618. The highest BCUT2D eigenvalue weighted by Gasteiger charge is 2.14. The molecule has 1 aliphatic rings. The summed E-state index contributed by atoms with van der Waals surface area (Å²) in [5, 5.41) is 0. The van der Waals surface area contributed by atoms with Crippen LogP contribution in [0, 0.1) is 0 Å². The van der Waals surface area contributed by atoms with Crippen LogP contribution in [0.2, 0.25) is 0 Å². The van der Waals surface area contributed by atoms with Crippen molar-refractivity contribution in [3.8, 4) is 0 Å². The average molecular weight is 314 g/mol. The lowest BCUT2D eigenvalue weighted by atomic mass is 10.1. The Morgan fingerprint density at radius 1 is 1.00 bits per heavy atom. The summed E-state index contributed by atoms with van der Waals surface area (Å²) in [5.41, 5.74) is 2.28. The summed E-state index contributed by atoms with van der Waals surface area (Å²) in [6.45, 7) is 0. The first kappa shape index (κ1) is 12.2. The van der Waals surface area contributed by atoms with Gasteiger partial charge in [-0.1, -0.05) is 28.1 Å². The molecule has 3 nitrogen and oxygen atoms in total. The molecule has 0 radical (unpaired) electrons. The molecule has 0 fully saturated rings. The first-order valence-corrected chi connectivity index (χ1v) is 6.87. The Labute approximate surface area is 120 Å². The normalized spacial score (nSPS) is 17.5. The summed E-state index contributed by atoms with van der Waals surface area (Å²) in [6, 6.07) is 12.3. The topological polar surface area (TPSA) is 37.6 Å². The fraction of sp³-hybridized carbons (Fsp3) is 0.133. The second-order valence-corrected chi connectivity index (χ2v) is 5.28. The highest BCUT2D eigenvalue weighted by atomic mass is 79.9. The molecule has 0 spiro atoms. The first-order valence-electron chi connectivity index (χ1n) is 6.08. The van der Waals surface area contributed by atoms with Gasteiger partial charge in [-0.25, -0.2) is 4.99 Å². The van der Waals surface area contributed by atoms with Crippen molar-refractivity contribution in [2.45, 2.75) is 12.5 Å². The molecule has 0 saturated heterocycles. The molecule has 0 saturated carbocycles. The van der Waals surface area contributed by atoms with Crippen molar-refractivity contribution in [3.05, 3.63) is 64.4 Å². The predicted octanol–water partition coefficient (Wildman–Crippen LogP) is 3.29. The van der Waals surface area contributed by atoms with Crippen molar-refractivity contribution in [1.82, 2.24) is 4.98 Å². The van der Waals surface area contributed by atoms with Gasteiger partial charge in [0.05, 0.1) is 6.04 Å². The lowest BCUT2D eigenvalue weighted by molar-refractivity contribution is 0.879. The van der Waals surface area contributed by atoms with E-state index in [1.807, 2.05) is 18.3 Å². The highest BCUT2D eigenvalue weighted by Crippen LogP contribution is 2.15. The highest BCUT2D eigenvalue weighted by molar-refractivity contribution is 9.10. The molecule has 0 amide bonds. The molecule has 1 aliphatic heterocycles. The van der Waals surface area contributed by atoms with Gasteiger partial charge in [0.1, 0.15) is 0 Å². The minimum atomic E-state index is 0.129. The van der Waals surface area contributed by atoms with Crippen molar-refractivity contribution >= 4 is 28.0 Å². The third kappa shape index (κ3) is 2.96. The number of halogens is 1. The Balaban J connectivity index is 1.74. The lowest BCUT2D eigenvalue weighted by Crippen LogP contribution is -2.07. The zero-order valence-corrected chi connectivity index (χ0v) is 11.8. The zero-order chi connectivity index (χ0) is 13.1. The summed E-state index contributed by atoms with van der Waals surface area (Å²) < 4.78 is 1.09. The molecular formula is C15H12BrN3. The van der Waals surface area contributed by atoms with Gasteiger partial charge in [0.25, 0.3) is 0 Å². The molecule has 1 unspecified atom stereocenters. The van der Waals surface area contributed by atoms with Gasteiger partial charge >= 0.3 is 0 Å². The zero-order valence-electron chi connectivity index (χ0n) is 10.2. The maximum atomic E-state index is 4.63. The Morgan fingerprint density at radius 3 is 2.47 bits per heavy atom. The van der Waals surface area contributed by atoms with Crippen molar-refractivity contribution in [2.75, 3.05) is 0 Å². The molecule has 4 heteroatoms. The number of aromatic nitrogens is 1. The van der Waals surface area contributed by atoms with E-state index in [4.69, 9.17) is 0 Å². The van der Waals surface area contributed by atoms with Crippen LogP contribution in [0.1, 0.15) is 11.1 Å². The molecule has 0 bridgehead atoms. The third-order valence-electron chi connectivity index (χ3n) is 2.95. The molecule has 2 aromatic rings. The molecule has 0 N–H and O–H groups in total. The molecule has 94 valence electrons. The van der Waals surface area contributed by atoms with Gasteiger partial charge in [-0.05, 0) is 36.2 Å². The van der Waals surface area contributed by atoms with Crippen LogP contribution in [0.4, 0.5) is 0 Å². The summed E-state index contributed by atoms with van der Waals surface area (Å²) >= 11 is 3.44. The molecule has 1 atom stereocenters. The van der Waals surface area contributed by atoms with Crippen molar-refractivity contribution in [2.24, 2.45) is 9.98 Å². The van der Waals surface area contributed by atoms with E-state index < -0.39 is 0 Å². The molecule has 19 heavy (non-hydrogen) atoms. The Morgan fingerprint density at radius 2 is 1.74 bits per heavy atom. The van der Waals surface area contributed by atoms with Crippen LogP contribution in [-0.4, -0.2) is 23.1 Å². The minimum Gasteiger partial charge on any atom is -0.265 e. The van der Waals surface area contributed by atoms with E-state index in [2.05, 4.69) is 55.2 Å². The van der Waals surface area contributed by atoms with E-state index in [9.17, 15) is 0 Å². The molecule has 3 rings (SSSR count). The Kier molecular flexibility index (Phi) is 3.51. The largest absolute Gasteiger partial charge is 0.265 e. The van der Waals surface area contributed by atoms with Crippen LogP contribution in [0.25, 0.3) is 0 Å². The number of pyridine rings is 1. The number of rotatable bonds is 3. The minimum absolute atomic E-state index is 0.129. The summed E-state index contributed by atoms with van der Waals surface area (Å²) in [5.74, 6) is 0.796. The van der Waals surface area contributed by atoms with Crippen LogP contribution in [0.3, 0.4) is 0 Å². The fourth-order valence-corrected chi connectivity index (χ4v) is 2.26. The van der Waals surface area contributed by atoms with Gasteiger partial charge in [0, 0.05) is 28.6 Å². The molecule has 2 heterocycles. The predicted molar refractivity (Wildman–Crippen MR) is 80.9 cm³/mol. The first-order chi connectivity index (χ1) is 9.31. The van der Waals surface area contributed by atoms with Crippen molar-refractivity contribution in [1.29, 1.82) is 0 Å². The SMILES string of the molecule is Brc1ccc(CC2C=NC(c3ccncc3)=N2)cc1. The summed E-state index contributed by atoms with van der Waals surface area (Å²) in [4.78, 5) is 13.0. The number of hydrogen-bond donors (Lipinski definition) is 0. The van der Waals surface area contributed by atoms with E-state index in [0.717, 1.165) is 22.3 Å². The number of hydrogen-bond acceptors (Lipinski definition) is 3. The van der Waals surface area contributed by atoms with E-state index in [1.54, 1.807) is 12.4 Å². The average Bonchev–Trinajstić information content (AvgIpc) is 2.91. The second kappa shape index (κ2) is 5.45. The maximum absolute atomic E-state index is 4.63. The maximum Gasteiger partial charge on any atom is 0.155 e. The lowest BCUT2D eigenvalue weighted by Gasteiger charge is -2.04. The van der Waals surface area contributed by atoms with Gasteiger partial charge in [0.15, 0.2) is 5.84 Å². The van der Waals surface area contributed by atoms with Gasteiger partial charge < -0.3 is 0 Å². The van der Waals surface area contributed by atoms with Crippen LogP contribution in [0.5, 0.6) is 0 Å². The number of aliphatic imine (C=N–C) groups is 2. The van der Waals surface area contributed by atoms with Crippen LogP contribution in [-0.2, 0) is 6.42 Å². The van der Waals surface area contributed by atoms with Crippen LogP contribution < -0.4 is 0 Å². The number of benzene rings is 1. The molecule has 1 aromatic heterocycles. The van der Waals surface area contributed by atoms with E-state index in [-0.39, 0.29) is 6.04 Å². The molecule has 0 aliphatic carbocycles. The van der Waals surface area contributed by atoms with Crippen molar-refractivity contribution < 1.29 is 0 Å². The Hall–Kier alpha value is -1.81. The van der Waals surface area contributed by atoms with Crippen LogP contribution in [0.15, 0.2) is 63.2 Å². The number of nitrogens with zero attached hydrogens (tertiary/aromatic N) is 3.